The zero-order chi connectivity index (χ0) is 13.3. The summed E-state index contributed by atoms with van der Waals surface area (Å²) < 4.78 is 5.95. The molecule has 0 saturated carbocycles. The normalized spacial score (nSPS) is 10.4. The van der Waals surface area contributed by atoms with Crippen molar-refractivity contribution >= 4 is 33.0 Å². The number of methoxy groups -OCH3 is 1. The molecule has 94 valence electrons. The maximum absolute atomic E-state index is 12.4. The van der Waals surface area contributed by atoms with E-state index in [1.807, 2.05) is 19.9 Å². The van der Waals surface area contributed by atoms with Crippen molar-refractivity contribution in [1.82, 2.24) is 0 Å². The van der Waals surface area contributed by atoms with E-state index in [1.54, 1.807) is 25.3 Å². The van der Waals surface area contributed by atoms with Gasteiger partial charge in [0.15, 0.2) is 0 Å². The molecule has 0 aliphatic heterocycles. The largest absolute Gasteiger partial charge is 0.496 e. The first-order valence-electron chi connectivity index (χ1n) is 5.48. The van der Waals surface area contributed by atoms with Crippen LogP contribution in [0.15, 0.2) is 28.7 Å². The van der Waals surface area contributed by atoms with Crippen molar-refractivity contribution < 1.29 is 9.53 Å². The molecule has 2 rings (SSSR count). The molecule has 0 spiro atoms. The number of ketones is 1. The van der Waals surface area contributed by atoms with E-state index in [0.29, 0.717) is 5.56 Å². The summed E-state index contributed by atoms with van der Waals surface area (Å²) in [5.74, 6) is 0.791. The molecule has 0 atom stereocenters. The van der Waals surface area contributed by atoms with Gasteiger partial charge in [0, 0.05) is 10.4 Å². The molecular weight excluding hydrogens is 312 g/mol. The Morgan fingerprint density at radius 3 is 2.50 bits per heavy atom. The van der Waals surface area contributed by atoms with Gasteiger partial charge in [0.25, 0.3) is 0 Å². The van der Waals surface area contributed by atoms with Crippen LogP contribution in [0.1, 0.15) is 25.7 Å². The van der Waals surface area contributed by atoms with Crippen molar-refractivity contribution in [2.24, 2.45) is 0 Å². The van der Waals surface area contributed by atoms with Crippen molar-refractivity contribution in [3.05, 3.63) is 49.6 Å². The number of carbonyl (C=O) groups excluding carboxylic acids is 1. The highest BCUT2D eigenvalue weighted by Gasteiger charge is 2.15. The van der Waals surface area contributed by atoms with E-state index in [1.165, 1.54) is 11.3 Å². The number of halogens is 1. The first kappa shape index (κ1) is 13.3. The van der Waals surface area contributed by atoms with Gasteiger partial charge in [-0.1, -0.05) is 0 Å². The maximum atomic E-state index is 12.4. The first-order chi connectivity index (χ1) is 8.52. The zero-order valence-electron chi connectivity index (χ0n) is 10.4. The molecule has 0 amide bonds. The summed E-state index contributed by atoms with van der Waals surface area (Å²) in [5.41, 5.74) is 1.71. The smallest absolute Gasteiger partial charge is 0.203 e. The third-order valence-corrected chi connectivity index (χ3v) is 4.43. The van der Waals surface area contributed by atoms with Crippen LogP contribution in [0.2, 0.25) is 0 Å². The predicted molar refractivity (Wildman–Crippen MR) is 77.9 cm³/mol. The van der Waals surface area contributed by atoms with Crippen LogP contribution in [0, 0.1) is 13.8 Å². The molecular formula is C14H13BrO2S. The van der Waals surface area contributed by atoms with E-state index in [9.17, 15) is 4.79 Å². The summed E-state index contributed by atoms with van der Waals surface area (Å²) >= 11 is 4.94. The number of rotatable bonds is 3. The van der Waals surface area contributed by atoms with Crippen LogP contribution in [0.25, 0.3) is 0 Å². The second-order valence-electron chi connectivity index (χ2n) is 4.05. The Morgan fingerprint density at radius 2 is 2.00 bits per heavy atom. The van der Waals surface area contributed by atoms with Crippen LogP contribution < -0.4 is 4.74 Å². The number of hydrogen-bond acceptors (Lipinski definition) is 3. The summed E-state index contributed by atoms with van der Waals surface area (Å²) in [6, 6.07) is 7.43. The molecule has 0 N–H and O–H groups in total. The second-order valence-corrected chi connectivity index (χ2v) is 6.16. The average Bonchev–Trinajstić information content (AvgIpc) is 2.67. The minimum Gasteiger partial charge on any atom is -0.496 e. The standard InChI is InChI=1S/C14H13BrO2S/c1-8-6-9(2)18-14(8)13(16)10-4-5-12(17-3)11(15)7-10/h4-7H,1-3H3. The van der Waals surface area contributed by atoms with E-state index in [2.05, 4.69) is 15.9 Å². The Morgan fingerprint density at radius 1 is 1.28 bits per heavy atom. The van der Waals surface area contributed by atoms with Crippen LogP contribution in [0.5, 0.6) is 5.75 Å². The third kappa shape index (κ3) is 2.49. The van der Waals surface area contributed by atoms with Crippen molar-refractivity contribution in [1.29, 1.82) is 0 Å². The number of ether oxygens (including phenoxy) is 1. The summed E-state index contributed by atoms with van der Waals surface area (Å²) in [6.45, 7) is 3.98. The Hall–Kier alpha value is -1.13. The predicted octanol–water partition coefficient (Wildman–Crippen LogP) is 4.37. The molecule has 4 heteroatoms. The van der Waals surface area contributed by atoms with Crippen molar-refractivity contribution in [2.45, 2.75) is 13.8 Å². The summed E-state index contributed by atoms with van der Waals surface area (Å²) in [5, 5.41) is 0. The van der Waals surface area contributed by atoms with E-state index in [4.69, 9.17) is 4.74 Å². The number of benzene rings is 1. The first-order valence-corrected chi connectivity index (χ1v) is 7.09. The van der Waals surface area contributed by atoms with Gasteiger partial charge in [-0.05, 0) is 59.6 Å². The van der Waals surface area contributed by atoms with Crippen LogP contribution in [0.3, 0.4) is 0 Å². The van der Waals surface area contributed by atoms with Gasteiger partial charge < -0.3 is 4.74 Å². The molecule has 2 aromatic rings. The highest BCUT2D eigenvalue weighted by molar-refractivity contribution is 9.10. The van der Waals surface area contributed by atoms with Crippen LogP contribution in [-0.2, 0) is 0 Å². The fraction of sp³-hybridized carbons (Fsp3) is 0.214. The van der Waals surface area contributed by atoms with Crippen LogP contribution in [-0.4, -0.2) is 12.9 Å². The van der Waals surface area contributed by atoms with Gasteiger partial charge in [-0.15, -0.1) is 11.3 Å². The van der Waals surface area contributed by atoms with E-state index in [0.717, 1.165) is 25.5 Å². The maximum Gasteiger partial charge on any atom is 0.203 e. The van der Waals surface area contributed by atoms with Gasteiger partial charge >= 0.3 is 0 Å². The fourth-order valence-electron chi connectivity index (χ4n) is 1.81. The van der Waals surface area contributed by atoms with Crippen molar-refractivity contribution in [3.63, 3.8) is 0 Å². The third-order valence-electron chi connectivity index (χ3n) is 2.66. The molecule has 0 radical (unpaired) electrons. The Kier molecular flexibility index (Phi) is 3.88. The SMILES string of the molecule is COc1ccc(C(=O)c2sc(C)cc2C)cc1Br. The monoisotopic (exact) mass is 324 g/mol. The lowest BCUT2D eigenvalue weighted by atomic mass is 10.1. The molecule has 18 heavy (non-hydrogen) atoms. The van der Waals surface area contributed by atoms with Gasteiger partial charge in [0.1, 0.15) is 5.75 Å². The minimum atomic E-state index is 0.0638. The number of aryl methyl sites for hydroxylation is 2. The van der Waals surface area contributed by atoms with Crippen LogP contribution >= 0.6 is 27.3 Å². The molecule has 0 bridgehead atoms. The summed E-state index contributed by atoms with van der Waals surface area (Å²) in [6.07, 6.45) is 0. The molecule has 1 aromatic heterocycles. The van der Waals surface area contributed by atoms with E-state index >= 15 is 0 Å². The van der Waals surface area contributed by atoms with Crippen LogP contribution in [0.4, 0.5) is 0 Å². The Labute approximate surface area is 119 Å². The molecule has 0 fully saturated rings. The van der Waals surface area contributed by atoms with Crippen molar-refractivity contribution in [2.75, 3.05) is 7.11 Å². The number of thiophene rings is 1. The molecule has 2 nitrogen and oxygen atoms in total. The zero-order valence-corrected chi connectivity index (χ0v) is 12.8. The molecule has 0 aliphatic rings. The average molecular weight is 325 g/mol. The Bertz CT molecular complexity index is 602. The highest BCUT2D eigenvalue weighted by Crippen LogP contribution is 2.29. The van der Waals surface area contributed by atoms with Crippen molar-refractivity contribution in [3.8, 4) is 5.75 Å². The van der Waals surface area contributed by atoms with E-state index < -0.39 is 0 Å². The lowest BCUT2D eigenvalue weighted by Gasteiger charge is -2.05. The second kappa shape index (κ2) is 5.24. The summed E-state index contributed by atoms with van der Waals surface area (Å²) in [7, 11) is 1.61. The molecule has 1 heterocycles. The van der Waals surface area contributed by atoms with Gasteiger partial charge in [-0.2, -0.15) is 0 Å². The molecule has 0 aliphatic carbocycles. The van der Waals surface area contributed by atoms with Gasteiger partial charge in [0.05, 0.1) is 16.5 Å². The minimum absolute atomic E-state index is 0.0638. The summed E-state index contributed by atoms with van der Waals surface area (Å²) in [4.78, 5) is 14.3. The molecule has 1 aromatic carbocycles. The number of carbonyl (C=O) groups is 1. The quantitative estimate of drug-likeness (QED) is 0.784. The Balaban J connectivity index is 2.40. The molecule has 0 saturated heterocycles. The topological polar surface area (TPSA) is 26.3 Å². The molecule has 0 unspecified atom stereocenters. The fourth-order valence-corrected chi connectivity index (χ4v) is 3.33. The van der Waals surface area contributed by atoms with E-state index in [-0.39, 0.29) is 5.78 Å². The van der Waals surface area contributed by atoms with Gasteiger partial charge in [-0.3, -0.25) is 4.79 Å². The number of hydrogen-bond donors (Lipinski definition) is 0. The van der Waals surface area contributed by atoms with Gasteiger partial charge in [0.2, 0.25) is 5.78 Å². The lowest BCUT2D eigenvalue weighted by Crippen LogP contribution is -2.00. The van der Waals surface area contributed by atoms with Gasteiger partial charge in [-0.25, -0.2) is 0 Å². The lowest BCUT2D eigenvalue weighted by molar-refractivity contribution is 0.104. The highest BCUT2D eigenvalue weighted by atomic mass is 79.9.